The minimum Gasteiger partial charge on any atom is -0.497 e. The SMILES string of the molecule is COc1ccc(NC(=O)Nc2ccc(-c3ccc(N4CCCCC4)nn3)cc2)c(OC)c1. The lowest BCUT2D eigenvalue weighted by Crippen LogP contribution is -2.30. The van der Waals surface area contributed by atoms with Crippen LogP contribution < -0.4 is 25.0 Å². The van der Waals surface area contributed by atoms with Crippen LogP contribution in [0.5, 0.6) is 11.5 Å². The Kier molecular flexibility index (Phi) is 6.69. The van der Waals surface area contributed by atoms with Gasteiger partial charge in [-0.3, -0.25) is 0 Å². The van der Waals surface area contributed by atoms with Crippen LogP contribution in [0.2, 0.25) is 0 Å². The zero-order valence-corrected chi connectivity index (χ0v) is 18.3. The molecule has 8 nitrogen and oxygen atoms in total. The standard InChI is InChI=1S/C24H27N5O3/c1-31-19-10-11-21(22(16-19)32-2)26-24(30)25-18-8-6-17(7-9-18)20-12-13-23(28-27-20)29-14-4-3-5-15-29/h6-13,16H,3-5,14-15H2,1-2H3,(H2,25,26,30). The van der Waals surface area contributed by atoms with E-state index >= 15 is 0 Å². The Morgan fingerprint density at radius 3 is 2.31 bits per heavy atom. The fourth-order valence-corrected chi connectivity index (χ4v) is 3.68. The molecule has 3 aromatic rings. The van der Waals surface area contributed by atoms with Crippen molar-refractivity contribution in [3.8, 4) is 22.8 Å². The number of nitrogens with zero attached hydrogens (tertiary/aromatic N) is 3. The average Bonchev–Trinajstić information content (AvgIpc) is 2.85. The molecular formula is C24H27N5O3. The van der Waals surface area contributed by atoms with Crippen molar-refractivity contribution >= 4 is 23.2 Å². The highest BCUT2D eigenvalue weighted by Gasteiger charge is 2.13. The van der Waals surface area contributed by atoms with Gasteiger partial charge in [-0.1, -0.05) is 12.1 Å². The van der Waals surface area contributed by atoms with Crippen molar-refractivity contribution in [2.45, 2.75) is 19.3 Å². The number of benzene rings is 2. The predicted octanol–water partition coefficient (Wildman–Crippen LogP) is 4.80. The molecule has 0 aliphatic carbocycles. The summed E-state index contributed by atoms with van der Waals surface area (Å²) < 4.78 is 10.5. The molecular weight excluding hydrogens is 406 g/mol. The van der Waals surface area contributed by atoms with Crippen molar-refractivity contribution < 1.29 is 14.3 Å². The van der Waals surface area contributed by atoms with Gasteiger partial charge in [0.25, 0.3) is 0 Å². The summed E-state index contributed by atoms with van der Waals surface area (Å²) in [4.78, 5) is 14.7. The number of urea groups is 1. The van der Waals surface area contributed by atoms with E-state index in [4.69, 9.17) is 9.47 Å². The van der Waals surface area contributed by atoms with Crippen LogP contribution in [0.4, 0.5) is 22.0 Å². The van der Waals surface area contributed by atoms with Crippen molar-refractivity contribution in [3.05, 3.63) is 54.6 Å². The first kappa shape index (κ1) is 21.4. The van der Waals surface area contributed by atoms with Crippen LogP contribution in [-0.2, 0) is 0 Å². The fraction of sp³-hybridized carbons (Fsp3) is 0.292. The zero-order valence-electron chi connectivity index (χ0n) is 18.3. The Morgan fingerprint density at radius 2 is 1.66 bits per heavy atom. The van der Waals surface area contributed by atoms with Gasteiger partial charge < -0.3 is 25.0 Å². The molecule has 0 atom stereocenters. The zero-order chi connectivity index (χ0) is 22.3. The molecule has 0 bridgehead atoms. The third-order valence-electron chi connectivity index (χ3n) is 5.43. The Hall–Kier alpha value is -3.81. The first-order chi connectivity index (χ1) is 15.7. The summed E-state index contributed by atoms with van der Waals surface area (Å²) in [6.07, 6.45) is 3.70. The van der Waals surface area contributed by atoms with Gasteiger partial charge in [-0.2, -0.15) is 0 Å². The molecule has 0 unspecified atom stereocenters. The van der Waals surface area contributed by atoms with E-state index in [0.717, 1.165) is 30.2 Å². The lowest BCUT2D eigenvalue weighted by molar-refractivity contribution is 0.262. The van der Waals surface area contributed by atoms with Crippen molar-refractivity contribution in [3.63, 3.8) is 0 Å². The number of hydrogen-bond donors (Lipinski definition) is 2. The number of piperidine rings is 1. The van der Waals surface area contributed by atoms with Gasteiger partial charge in [-0.05, 0) is 55.7 Å². The molecule has 0 spiro atoms. The van der Waals surface area contributed by atoms with E-state index in [1.807, 2.05) is 36.4 Å². The molecule has 0 saturated carbocycles. The molecule has 2 aromatic carbocycles. The third kappa shape index (κ3) is 5.08. The van der Waals surface area contributed by atoms with Crippen LogP contribution in [0.1, 0.15) is 19.3 Å². The molecule has 166 valence electrons. The lowest BCUT2D eigenvalue weighted by atomic mass is 10.1. The van der Waals surface area contributed by atoms with Crippen LogP contribution in [0.3, 0.4) is 0 Å². The number of ether oxygens (including phenoxy) is 2. The highest BCUT2D eigenvalue weighted by atomic mass is 16.5. The van der Waals surface area contributed by atoms with Crippen LogP contribution in [0, 0.1) is 0 Å². The molecule has 1 saturated heterocycles. The monoisotopic (exact) mass is 433 g/mol. The van der Waals surface area contributed by atoms with Crippen molar-refractivity contribution in [2.24, 2.45) is 0 Å². The Labute approximate surface area is 187 Å². The molecule has 2 N–H and O–H groups in total. The first-order valence-electron chi connectivity index (χ1n) is 10.7. The number of rotatable bonds is 6. The van der Waals surface area contributed by atoms with E-state index in [1.54, 1.807) is 32.4 Å². The van der Waals surface area contributed by atoms with Crippen LogP contribution in [-0.4, -0.2) is 43.5 Å². The van der Waals surface area contributed by atoms with Gasteiger partial charge >= 0.3 is 6.03 Å². The minimum absolute atomic E-state index is 0.369. The van der Waals surface area contributed by atoms with Gasteiger partial charge in [0.05, 0.1) is 25.6 Å². The first-order valence-corrected chi connectivity index (χ1v) is 10.7. The maximum absolute atomic E-state index is 12.4. The van der Waals surface area contributed by atoms with Crippen LogP contribution in [0.25, 0.3) is 11.3 Å². The third-order valence-corrected chi connectivity index (χ3v) is 5.43. The van der Waals surface area contributed by atoms with E-state index in [9.17, 15) is 4.79 Å². The maximum atomic E-state index is 12.4. The second kappa shape index (κ2) is 10.00. The van der Waals surface area contributed by atoms with Crippen molar-refractivity contribution in [1.29, 1.82) is 0 Å². The largest absolute Gasteiger partial charge is 0.497 e. The quantitative estimate of drug-likeness (QED) is 0.581. The van der Waals surface area contributed by atoms with Crippen LogP contribution in [0.15, 0.2) is 54.6 Å². The number of nitrogens with one attached hydrogen (secondary N) is 2. The summed E-state index contributed by atoms with van der Waals surface area (Å²) in [6, 6.07) is 16.3. The minimum atomic E-state index is -0.369. The Balaban J connectivity index is 1.38. The normalized spacial score (nSPS) is 13.4. The molecule has 0 radical (unpaired) electrons. The molecule has 1 aliphatic heterocycles. The number of hydrogen-bond acceptors (Lipinski definition) is 6. The number of anilines is 3. The van der Waals surface area contributed by atoms with Gasteiger partial charge in [-0.15, -0.1) is 10.2 Å². The number of methoxy groups -OCH3 is 2. The summed E-state index contributed by atoms with van der Waals surface area (Å²) in [5.41, 5.74) is 2.94. The van der Waals surface area contributed by atoms with E-state index in [-0.39, 0.29) is 6.03 Å². The Bertz CT molecular complexity index is 1050. The van der Waals surface area contributed by atoms with Crippen LogP contribution >= 0.6 is 0 Å². The highest BCUT2D eigenvalue weighted by Crippen LogP contribution is 2.29. The molecule has 2 amide bonds. The number of carbonyl (C=O) groups excluding carboxylic acids is 1. The number of carbonyl (C=O) groups is 1. The van der Waals surface area contributed by atoms with Gasteiger partial charge in [0.1, 0.15) is 11.5 Å². The molecule has 32 heavy (non-hydrogen) atoms. The molecule has 8 heteroatoms. The van der Waals surface area contributed by atoms with Gasteiger partial charge in [0.2, 0.25) is 0 Å². The summed E-state index contributed by atoms with van der Waals surface area (Å²) in [7, 11) is 3.12. The second-order valence-corrected chi connectivity index (χ2v) is 7.55. The molecule has 4 rings (SSSR count). The van der Waals surface area contributed by atoms with E-state index < -0.39 is 0 Å². The average molecular weight is 434 g/mol. The molecule has 1 fully saturated rings. The van der Waals surface area contributed by atoms with E-state index in [1.165, 1.54) is 19.3 Å². The summed E-state index contributed by atoms with van der Waals surface area (Å²) in [5.74, 6) is 2.09. The van der Waals surface area contributed by atoms with Gasteiger partial charge in [-0.25, -0.2) is 4.79 Å². The lowest BCUT2D eigenvalue weighted by Gasteiger charge is -2.27. The Morgan fingerprint density at radius 1 is 0.875 bits per heavy atom. The fourth-order valence-electron chi connectivity index (χ4n) is 3.68. The summed E-state index contributed by atoms with van der Waals surface area (Å²) in [5, 5.41) is 14.4. The van der Waals surface area contributed by atoms with Crippen molar-refractivity contribution in [2.75, 3.05) is 42.8 Å². The highest BCUT2D eigenvalue weighted by molar-refractivity contribution is 6.00. The molecule has 2 heterocycles. The van der Waals surface area contributed by atoms with Gasteiger partial charge in [0, 0.05) is 30.4 Å². The maximum Gasteiger partial charge on any atom is 0.323 e. The predicted molar refractivity (Wildman–Crippen MR) is 126 cm³/mol. The number of amides is 2. The summed E-state index contributed by atoms with van der Waals surface area (Å²) >= 11 is 0. The summed E-state index contributed by atoms with van der Waals surface area (Å²) in [6.45, 7) is 2.08. The van der Waals surface area contributed by atoms with E-state index in [0.29, 0.717) is 22.9 Å². The smallest absolute Gasteiger partial charge is 0.323 e. The topological polar surface area (TPSA) is 88.6 Å². The van der Waals surface area contributed by atoms with E-state index in [2.05, 4.69) is 25.7 Å². The number of aromatic nitrogens is 2. The van der Waals surface area contributed by atoms with Crippen molar-refractivity contribution in [1.82, 2.24) is 10.2 Å². The van der Waals surface area contributed by atoms with Gasteiger partial charge in [0.15, 0.2) is 5.82 Å². The second-order valence-electron chi connectivity index (χ2n) is 7.55. The molecule has 1 aliphatic rings. The molecule has 1 aromatic heterocycles.